The number of halogens is 3. The molecule has 0 saturated heterocycles. The molecular weight excluding hydrogens is 181 g/mol. The summed E-state index contributed by atoms with van der Waals surface area (Å²) < 4.78 is 35.8. The van der Waals surface area contributed by atoms with Crippen molar-refractivity contribution in [1.82, 2.24) is 10.2 Å². The van der Waals surface area contributed by atoms with Crippen LogP contribution in [0.15, 0.2) is 0 Å². The molecule has 0 aromatic rings. The van der Waals surface area contributed by atoms with Crippen molar-refractivity contribution >= 4 is 0 Å². The Morgan fingerprint density at radius 1 is 1.23 bits per heavy atom. The maximum Gasteiger partial charge on any atom is 0.401 e. The van der Waals surface area contributed by atoms with Crippen LogP contribution in [0.3, 0.4) is 0 Å². The van der Waals surface area contributed by atoms with E-state index in [-0.39, 0.29) is 0 Å². The van der Waals surface area contributed by atoms with Gasteiger partial charge in [0, 0.05) is 13.1 Å². The molecule has 0 aromatic heterocycles. The summed E-state index contributed by atoms with van der Waals surface area (Å²) in [6, 6.07) is 0. The van der Waals surface area contributed by atoms with E-state index in [1.54, 1.807) is 6.92 Å². The summed E-state index contributed by atoms with van der Waals surface area (Å²) in [4.78, 5) is 1.38. The highest BCUT2D eigenvalue weighted by Gasteiger charge is 2.29. The van der Waals surface area contributed by atoms with E-state index in [4.69, 9.17) is 0 Å². The van der Waals surface area contributed by atoms with Crippen molar-refractivity contribution in [2.24, 2.45) is 0 Å². The fraction of sp³-hybridized carbons (Fsp3) is 1.00. The van der Waals surface area contributed by atoms with Crippen LogP contribution < -0.4 is 5.32 Å². The Morgan fingerprint density at radius 3 is 2.23 bits per heavy atom. The molecule has 0 fully saturated rings. The summed E-state index contributed by atoms with van der Waals surface area (Å²) in [5, 5.41) is 2.99. The van der Waals surface area contributed by atoms with Gasteiger partial charge < -0.3 is 5.32 Å². The van der Waals surface area contributed by atoms with Gasteiger partial charge >= 0.3 is 6.18 Å². The summed E-state index contributed by atoms with van der Waals surface area (Å²) in [7, 11) is 0. The highest BCUT2D eigenvalue weighted by atomic mass is 19.4. The number of likely N-dealkylation sites (N-methyl/N-ethyl adjacent to an activating group) is 2. The SMILES string of the molecule is CCNCCN(CC)CC(F)(F)F. The first-order valence-corrected chi connectivity index (χ1v) is 4.49. The van der Waals surface area contributed by atoms with Crippen molar-refractivity contribution in [3.63, 3.8) is 0 Å². The fourth-order valence-electron chi connectivity index (χ4n) is 1.02. The Bertz CT molecular complexity index is 125. The van der Waals surface area contributed by atoms with Gasteiger partial charge in [-0.25, -0.2) is 0 Å². The Labute approximate surface area is 77.1 Å². The fourth-order valence-corrected chi connectivity index (χ4v) is 1.02. The van der Waals surface area contributed by atoms with Crippen molar-refractivity contribution in [2.75, 3.05) is 32.7 Å². The van der Waals surface area contributed by atoms with Gasteiger partial charge in [-0.2, -0.15) is 13.2 Å². The van der Waals surface area contributed by atoms with Crippen LogP contribution in [0.5, 0.6) is 0 Å². The van der Waals surface area contributed by atoms with E-state index < -0.39 is 12.7 Å². The molecule has 0 aromatic carbocycles. The molecule has 13 heavy (non-hydrogen) atoms. The number of hydrogen-bond donors (Lipinski definition) is 1. The smallest absolute Gasteiger partial charge is 0.316 e. The number of alkyl halides is 3. The molecule has 0 rings (SSSR count). The molecule has 0 heterocycles. The molecule has 0 saturated carbocycles. The Balaban J connectivity index is 3.63. The van der Waals surface area contributed by atoms with Crippen molar-refractivity contribution in [3.05, 3.63) is 0 Å². The van der Waals surface area contributed by atoms with Crippen LogP contribution >= 0.6 is 0 Å². The Morgan fingerprint density at radius 2 is 1.85 bits per heavy atom. The van der Waals surface area contributed by atoms with Crippen LogP contribution in [-0.2, 0) is 0 Å². The number of nitrogens with zero attached hydrogens (tertiary/aromatic N) is 1. The summed E-state index contributed by atoms with van der Waals surface area (Å²) in [6.07, 6.45) is -4.08. The predicted octanol–water partition coefficient (Wildman–Crippen LogP) is 1.48. The maximum absolute atomic E-state index is 11.9. The number of hydrogen-bond acceptors (Lipinski definition) is 2. The lowest BCUT2D eigenvalue weighted by Gasteiger charge is -2.21. The zero-order chi connectivity index (χ0) is 10.3. The molecule has 0 atom stereocenters. The average Bonchev–Trinajstić information content (AvgIpc) is 2.01. The molecule has 1 N–H and O–H groups in total. The maximum atomic E-state index is 11.9. The first kappa shape index (κ1) is 12.7. The van der Waals surface area contributed by atoms with Gasteiger partial charge in [0.05, 0.1) is 6.54 Å². The van der Waals surface area contributed by atoms with E-state index in [0.717, 1.165) is 6.54 Å². The summed E-state index contributed by atoms with van der Waals surface area (Å²) >= 11 is 0. The summed E-state index contributed by atoms with van der Waals surface area (Å²) in [6.45, 7) is 5.14. The molecule has 0 aliphatic heterocycles. The molecule has 0 aliphatic rings. The lowest BCUT2D eigenvalue weighted by Crippen LogP contribution is -2.38. The highest BCUT2D eigenvalue weighted by molar-refractivity contribution is 4.62. The second kappa shape index (κ2) is 6.21. The Kier molecular flexibility index (Phi) is 6.07. The van der Waals surface area contributed by atoms with Crippen molar-refractivity contribution < 1.29 is 13.2 Å². The number of rotatable bonds is 6. The van der Waals surface area contributed by atoms with Gasteiger partial charge in [0.25, 0.3) is 0 Å². The largest absolute Gasteiger partial charge is 0.401 e. The van der Waals surface area contributed by atoms with Crippen molar-refractivity contribution in [3.8, 4) is 0 Å². The standard InChI is InChI=1S/C8H17F3N2/c1-3-12-5-6-13(4-2)7-8(9,10)11/h12H,3-7H2,1-2H3. The van der Waals surface area contributed by atoms with Crippen LogP contribution in [0.25, 0.3) is 0 Å². The van der Waals surface area contributed by atoms with E-state index in [9.17, 15) is 13.2 Å². The average molecular weight is 198 g/mol. The molecule has 80 valence electrons. The summed E-state index contributed by atoms with van der Waals surface area (Å²) in [5.41, 5.74) is 0. The van der Waals surface area contributed by atoms with Crippen molar-refractivity contribution in [1.29, 1.82) is 0 Å². The third-order valence-corrected chi connectivity index (χ3v) is 1.70. The summed E-state index contributed by atoms with van der Waals surface area (Å²) in [5.74, 6) is 0. The molecule has 0 bridgehead atoms. The first-order chi connectivity index (χ1) is 5.99. The minimum Gasteiger partial charge on any atom is -0.316 e. The van der Waals surface area contributed by atoms with Gasteiger partial charge in [0.15, 0.2) is 0 Å². The first-order valence-electron chi connectivity index (χ1n) is 4.49. The normalized spacial score (nSPS) is 12.5. The molecule has 5 heteroatoms. The second-order valence-corrected chi connectivity index (χ2v) is 2.84. The van der Waals surface area contributed by atoms with Crippen LogP contribution in [0.2, 0.25) is 0 Å². The molecule has 2 nitrogen and oxygen atoms in total. The predicted molar refractivity (Wildman–Crippen MR) is 46.7 cm³/mol. The van der Waals surface area contributed by atoms with E-state index in [1.807, 2.05) is 6.92 Å². The van der Waals surface area contributed by atoms with Gasteiger partial charge in [-0.05, 0) is 13.1 Å². The molecular formula is C8H17F3N2. The lowest BCUT2D eigenvalue weighted by molar-refractivity contribution is -0.145. The topological polar surface area (TPSA) is 15.3 Å². The Hall–Kier alpha value is -0.290. The minimum absolute atomic E-state index is 0.435. The van der Waals surface area contributed by atoms with E-state index in [1.165, 1.54) is 4.90 Å². The van der Waals surface area contributed by atoms with Crippen LogP contribution in [0, 0.1) is 0 Å². The third kappa shape index (κ3) is 8.05. The van der Waals surface area contributed by atoms with Crippen molar-refractivity contribution in [2.45, 2.75) is 20.0 Å². The zero-order valence-corrected chi connectivity index (χ0v) is 8.12. The lowest BCUT2D eigenvalue weighted by atomic mass is 10.4. The van der Waals surface area contributed by atoms with Gasteiger partial charge in [0.2, 0.25) is 0 Å². The second-order valence-electron chi connectivity index (χ2n) is 2.84. The molecule has 0 radical (unpaired) electrons. The van der Waals surface area contributed by atoms with Gasteiger partial charge in [-0.1, -0.05) is 13.8 Å². The van der Waals surface area contributed by atoms with E-state index in [2.05, 4.69) is 5.32 Å². The van der Waals surface area contributed by atoms with Crippen LogP contribution in [-0.4, -0.2) is 43.8 Å². The van der Waals surface area contributed by atoms with E-state index in [0.29, 0.717) is 19.6 Å². The molecule has 0 amide bonds. The molecule has 0 spiro atoms. The minimum atomic E-state index is -4.08. The van der Waals surface area contributed by atoms with E-state index >= 15 is 0 Å². The number of nitrogens with one attached hydrogen (secondary N) is 1. The van der Waals surface area contributed by atoms with Crippen LogP contribution in [0.1, 0.15) is 13.8 Å². The molecule has 0 unspecified atom stereocenters. The monoisotopic (exact) mass is 198 g/mol. The van der Waals surface area contributed by atoms with Gasteiger partial charge in [-0.3, -0.25) is 4.90 Å². The molecule has 0 aliphatic carbocycles. The van der Waals surface area contributed by atoms with Gasteiger partial charge in [-0.15, -0.1) is 0 Å². The zero-order valence-electron chi connectivity index (χ0n) is 8.12. The van der Waals surface area contributed by atoms with Gasteiger partial charge in [0.1, 0.15) is 0 Å². The highest BCUT2D eigenvalue weighted by Crippen LogP contribution is 2.15. The quantitative estimate of drug-likeness (QED) is 0.650. The third-order valence-electron chi connectivity index (χ3n) is 1.70. The van der Waals surface area contributed by atoms with Crippen LogP contribution in [0.4, 0.5) is 13.2 Å².